The molecular weight excluding hydrogens is 360 g/mol. The van der Waals surface area contributed by atoms with E-state index < -0.39 is 0 Å². The van der Waals surface area contributed by atoms with Gasteiger partial charge in [-0.2, -0.15) is 0 Å². The largest absolute Gasteiger partial charge is 0.377 e. The monoisotopic (exact) mass is 392 g/mol. The van der Waals surface area contributed by atoms with Crippen molar-refractivity contribution < 1.29 is 9.53 Å². The van der Waals surface area contributed by atoms with E-state index in [4.69, 9.17) is 4.74 Å². The number of carbonyl (C=O) groups excluding carboxylic acids is 1. The van der Waals surface area contributed by atoms with Gasteiger partial charge < -0.3 is 14.6 Å². The van der Waals surface area contributed by atoms with Gasteiger partial charge in [0.25, 0.3) is 0 Å². The SMILES string of the molecule is CC(CC(=O)N1C2CC3CC1CC(C2)C3OCC1CC1)c1c[nH]c2ccccc12. The van der Waals surface area contributed by atoms with Crippen LogP contribution in [-0.4, -0.2) is 40.6 Å². The van der Waals surface area contributed by atoms with Crippen LogP contribution in [0.25, 0.3) is 10.9 Å². The van der Waals surface area contributed by atoms with E-state index >= 15 is 0 Å². The van der Waals surface area contributed by atoms with Gasteiger partial charge in [0.1, 0.15) is 0 Å². The predicted octanol–water partition coefficient (Wildman–Crippen LogP) is 4.86. The molecule has 7 rings (SSSR count). The molecule has 1 atom stereocenters. The normalized spacial score (nSPS) is 34.1. The molecule has 3 heterocycles. The lowest BCUT2D eigenvalue weighted by atomic mass is 9.61. The molecule has 5 aliphatic rings. The van der Waals surface area contributed by atoms with E-state index in [1.54, 1.807) is 0 Å². The Morgan fingerprint density at radius 1 is 1.14 bits per heavy atom. The van der Waals surface area contributed by atoms with E-state index in [0.29, 0.717) is 42.4 Å². The van der Waals surface area contributed by atoms with Crippen molar-refractivity contribution in [2.24, 2.45) is 17.8 Å². The first-order valence-electron chi connectivity index (χ1n) is 11.7. The number of aromatic nitrogens is 1. The molecule has 1 amide bonds. The van der Waals surface area contributed by atoms with Gasteiger partial charge in [-0.05, 0) is 73.8 Å². The standard InChI is InChI=1S/C25H32N2O2/c1-15(22-13-26-23-5-3-2-4-21(22)23)8-24(28)27-19-9-17-10-20(27)12-18(11-19)25(17)29-14-16-6-7-16/h2-5,13,15-20,25-26H,6-12,14H2,1H3. The van der Waals surface area contributed by atoms with Gasteiger partial charge in [0.05, 0.1) is 6.10 Å². The number of nitrogens with one attached hydrogen (secondary N) is 1. The number of piperidine rings is 2. The van der Waals surface area contributed by atoms with Crippen LogP contribution in [0, 0.1) is 17.8 Å². The molecule has 3 aliphatic carbocycles. The highest BCUT2D eigenvalue weighted by Crippen LogP contribution is 2.51. The third-order valence-electron chi connectivity index (χ3n) is 8.16. The summed E-state index contributed by atoms with van der Waals surface area (Å²) in [6.45, 7) is 3.18. The van der Waals surface area contributed by atoms with Crippen molar-refractivity contribution in [1.29, 1.82) is 0 Å². The number of H-pyrrole nitrogens is 1. The zero-order valence-corrected chi connectivity index (χ0v) is 17.3. The number of amides is 1. The number of nitrogens with zero attached hydrogens (tertiary/aromatic N) is 1. The minimum atomic E-state index is 0.241. The van der Waals surface area contributed by atoms with Gasteiger partial charge in [0.2, 0.25) is 5.91 Å². The molecule has 2 aliphatic heterocycles. The molecule has 0 spiro atoms. The molecule has 29 heavy (non-hydrogen) atoms. The molecule has 5 fully saturated rings. The Morgan fingerprint density at radius 3 is 2.52 bits per heavy atom. The van der Waals surface area contributed by atoms with Crippen LogP contribution in [-0.2, 0) is 9.53 Å². The Kier molecular flexibility index (Phi) is 4.26. The van der Waals surface area contributed by atoms with Crippen molar-refractivity contribution in [2.75, 3.05) is 6.61 Å². The summed E-state index contributed by atoms with van der Waals surface area (Å²) in [6, 6.07) is 9.32. The summed E-state index contributed by atoms with van der Waals surface area (Å²) < 4.78 is 6.39. The lowest BCUT2D eigenvalue weighted by Gasteiger charge is -2.59. The zero-order valence-electron chi connectivity index (χ0n) is 17.3. The molecule has 1 unspecified atom stereocenters. The quantitative estimate of drug-likeness (QED) is 0.763. The van der Waals surface area contributed by atoms with Gasteiger partial charge in [0.15, 0.2) is 0 Å². The van der Waals surface area contributed by atoms with Gasteiger partial charge >= 0.3 is 0 Å². The summed E-state index contributed by atoms with van der Waals surface area (Å²) in [7, 11) is 0. The summed E-state index contributed by atoms with van der Waals surface area (Å²) in [5.74, 6) is 2.83. The van der Waals surface area contributed by atoms with Crippen LogP contribution in [0.15, 0.2) is 30.5 Å². The number of hydrogen-bond donors (Lipinski definition) is 1. The molecule has 2 saturated heterocycles. The number of aromatic amines is 1. The number of fused-ring (bicyclic) bond motifs is 1. The topological polar surface area (TPSA) is 45.3 Å². The van der Waals surface area contributed by atoms with Crippen molar-refractivity contribution in [3.05, 3.63) is 36.0 Å². The lowest BCUT2D eigenvalue weighted by Crippen LogP contribution is -2.64. The maximum absolute atomic E-state index is 13.4. The average Bonchev–Trinajstić information content (AvgIpc) is 3.43. The van der Waals surface area contributed by atoms with Crippen molar-refractivity contribution in [1.82, 2.24) is 9.88 Å². The second-order valence-corrected chi connectivity index (χ2v) is 10.2. The summed E-state index contributed by atoms with van der Waals surface area (Å²) >= 11 is 0. The highest BCUT2D eigenvalue weighted by atomic mass is 16.5. The molecule has 4 heteroatoms. The van der Waals surface area contributed by atoms with Crippen molar-refractivity contribution in [2.45, 2.75) is 76.0 Å². The number of para-hydroxylation sites is 1. The van der Waals surface area contributed by atoms with Gasteiger partial charge in [-0.25, -0.2) is 0 Å². The van der Waals surface area contributed by atoms with Crippen LogP contribution >= 0.6 is 0 Å². The average molecular weight is 393 g/mol. The fourth-order valence-electron chi connectivity index (χ4n) is 6.65. The summed E-state index contributed by atoms with van der Waals surface area (Å²) in [4.78, 5) is 19.0. The van der Waals surface area contributed by atoms with Gasteiger partial charge in [0, 0.05) is 42.2 Å². The lowest BCUT2D eigenvalue weighted by molar-refractivity contribution is -0.172. The van der Waals surface area contributed by atoms with Crippen LogP contribution in [0.5, 0.6) is 0 Å². The number of ether oxygens (including phenoxy) is 1. The molecule has 0 radical (unpaired) electrons. The predicted molar refractivity (Wildman–Crippen MR) is 114 cm³/mol. The molecule has 2 aromatic rings. The number of carbonyl (C=O) groups is 1. The number of benzene rings is 1. The van der Waals surface area contributed by atoms with E-state index in [1.165, 1.54) is 23.8 Å². The van der Waals surface area contributed by atoms with Crippen molar-refractivity contribution in [3.8, 4) is 0 Å². The van der Waals surface area contributed by atoms with Crippen molar-refractivity contribution in [3.63, 3.8) is 0 Å². The van der Waals surface area contributed by atoms with Crippen molar-refractivity contribution >= 4 is 16.8 Å². The molecule has 3 saturated carbocycles. The zero-order chi connectivity index (χ0) is 19.5. The number of rotatable bonds is 6. The molecule has 154 valence electrons. The highest BCUT2D eigenvalue weighted by molar-refractivity contribution is 5.85. The van der Waals surface area contributed by atoms with Gasteiger partial charge in [-0.15, -0.1) is 0 Å². The van der Waals surface area contributed by atoms with Gasteiger partial charge in [-0.1, -0.05) is 25.1 Å². The van der Waals surface area contributed by atoms with E-state index in [0.717, 1.165) is 43.7 Å². The third kappa shape index (κ3) is 3.11. The Morgan fingerprint density at radius 2 is 1.83 bits per heavy atom. The van der Waals surface area contributed by atoms with Crippen LogP contribution in [0.2, 0.25) is 0 Å². The Bertz CT molecular complexity index is 884. The minimum Gasteiger partial charge on any atom is -0.377 e. The minimum absolute atomic E-state index is 0.241. The second-order valence-electron chi connectivity index (χ2n) is 10.2. The van der Waals surface area contributed by atoms with E-state index in [1.807, 2.05) is 0 Å². The molecule has 4 nitrogen and oxygen atoms in total. The first-order chi connectivity index (χ1) is 14.2. The summed E-state index contributed by atoms with van der Waals surface area (Å²) in [5.41, 5.74) is 2.43. The Hall–Kier alpha value is -1.81. The second kappa shape index (κ2) is 6.87. The smallest absolute Gasteiger partial charge is 0.223 e. The van der Waals surface area contributed by atoms with E-state index in [2.05, 4.69) is 47.3 Å². The molecule has 4 bridgehead atoms. The fraction of sp³-hybridized carbons (Fsp3) is 0.640. The number of hydrogen-bond acceptors (Lipinski definition) is 2. The fourth-order valence-corrected chi connectivity index (χ4v) is 6.65. The first-order valence-corrected chi connectivity index (χ1v) is 11.7. The maximum atomic E-state index is 13.4. The Labute approximate surface area is 173 Å². The Balaban J connectivity index is 1.13. The highest BCUT2D eigenvalue weighted by Gasteiger charge is 2.53. The molecule has 1 aromatic heterocycles. The first kappa shape index (κ1) is 18.0. The molecule has 1 N–H and O–H groups in total. The van der Waals surface area contributed by atoms with E-state index in [-0.39, 0.29) is 5.92 Å². The maximum Gasteiger partial charge on any atom is 0.223 e. The van der Waals surface area contributed by atoms with Crippen LogP contribution < -0.4 is 0 Å². The third-order valence-corrected chi connectivity index (χ3v) is 8.16. The van der Waals surface area contributed by atoms with Gasteiger partial charge in [-0.3, -0.25) is 4.79 Å². The molecular formula is C25H32N2O2. The summed E-state index contributed by atoms with van der Waals surface area (Å²) in [6.07, 6.45) is 10.6. The van der Waals surface area contributed by atoms with Crippen LogP contribution in [0.4, 0.5) is 0 Å². The summed E-state index contributed by atoms with van der Waals surface area (Å²) in [5, 5.41) is 1.25. The van der Waals surface area contributed by atoms with E-state index in [9.17, 15) is 4.79 Å². The van der Waals surface area contributed by atoms with Crippen LogP contribution in [0.3, 0.4) is 0 Å². The van der Waals surface area contributed by atoms with Crippen LogP contribution in [0.1, 0.15) is 63.4 Å². The molecule has 1 aromatic carbocycles.